The molecule has 0 radical (unpaired) electrons. The van der Waals surface area contributed by atoms with E-state index in [1.165, 1.54) is 11.1 Å². The van der Waals surface area contributed by atoms with E-state index in [1.807, 2.05) is 11.8 Å². The Balaban J connectivity index is 1.36. The Hall–Kier alpha value is -2.43. The predicted octanol–water partition coefficient (Wildman–Crippen LogP) is 2.90. The van der Waals surface area contributed by atoms with Gasteiger partial charge in [0.05, 0.1) is 5.69 Å². The third-order valence-electron chi connectivity index (χ3n) is 5.82. The summed E-state index contributed by atoms with van der Waals surface area (Å²) in [4.78, 5) is 33.6. The van der Waals surface area contributed by atoms with Crippen molar-refractivity contribution >= 4 is 5.91 Å². The molecule has 1 amide bonds. The fourth-order valence-corrected chi connectivity index (χ4v) is 4.43. The summed E-state index contributed by atoms with van der Waals surface area (Å²) in [6.45, 7) is 3.32. The Morgan fingerprint density at radius 1 is 1.23 bits per heavy atom. The lowest BCUT2D eigenvalue weighted by molar-refractivity contribution is -0.132. The molecule has 1 aromatic carbocycles. The van der Waals surface area contributed by atoms with Gasteiger partial charge in [0, 0.05) is 31.5 Å². The summed E-state index contributed by atoms with van der Waals surface area (Å²) >= 11 is 0. The summed E-state index contributed by atoms with van der Waals surface area (Å²) in [7, 11) is 0. The highest BCUT2D eigenvalue weighted by Crippen LogP contribution is 2.36. The highest BCUT2D eigenvalue weighted by molar-refractivity contribution is 5.77. The fourth-order valence-electron chi connectivity index (χ4n) is 4.43. The number of aromatic amines is 1. The van der Waals surface area contributed by atoms with Gasteiger partial charge in [-0.1, -0.05) is 24.3 Å². The smallest absolute Gasteiger partial charge is 0.251 e. The topological polar surface area (TPSA) is 66.1 Å². The van der Waals surface area contributed by atoms with Crippen molar-refractivity contribution in [2.24, 2.45) is 0 Å². The van der Waals surface area contributed by atoms with Crippen molar-refractivity contribution in [2.75, 3.05) is 13.1 Å². The van der Waals surface area contributed by atoms with Gasteiger partial charge in [0.15, 0.2) is 0 Å². The number of H-pyrrole nitrogens is 1. The first-order valence-corrected chi connectivity index (χ1v) is 9.53. The molecule has 0 spiro atoms. The van der Waals surface area contributed by atoms with Gasteiger partial charge in [-0.05, 0) is 49.7 Å². The molecule has 1 aliphatic carbocycles. The molecule has 1 fully saturated rings. The lowest BCUT2D eigenvalue weighted by atomic mass is 9.92. The zero-order chi connectivity index (χ0) is 18.1. The zero-order valence-electron chi connectivity index (χ0n) is 15.2. The van der Waals surface area contributed by atoms with Crippen molar-refractivity contribution in [1.29, 1.82) is 0 Å². The Bertz CT molecular complexity index is 866. The van der Waals surface area contributed by atoms with Gasteiger partial charge in [-0.2, -0.15) is 0 Å². The van der Waals surface area contributed by atoms with E-state index in [0.717, 1.165) is 44.5 Å². The molecular weight excluding hydrogens is 326 g/mol. The fraction of sp³-hybridized carbons (Fsp3) is 0.476. The van der Waals surface area contributed by atoms with Gasteiger partial charge >= 0.3 is 0 Å². The second-order valence-electron chi connectivity index (χ2n) is 7.55. The zero-order valence-corrected chi connectivity index (χ0v) is 15.2. The van der Waals surface area contributed by atoms with Crippen LogP contribution in [0.1, 0.15) is 60.2 Å². The van der Waals surface area contributed by atoms with Gasteiger partial charge < -0.3 is 9.88 Å². The van der Waals surface area contributed by atoms with Crippen LogP contribution in [0, 0.1) is 6.92 Å². The maximum absolute atomic E-state index is 12.8. The second kappa shape index (κ2) is 7.06. The van der Waals surface area contributed by atoms with E-state index in [-0.39, 0.29) is 17.4 Å². The first-order valence-electron chi connectivity index (χ1n) is 9.53. The minimum atomic E-state index is -0.0918. The molecule has 0 bridgehead atoms. The number of benzene rings is 1. The van der Waals surface area contributed by atoms with Crippen LogP contribution in [0.3, 0.4) is 0 Å². The Kier molecular flexibility index (Phi) is 4.62. The molecule has 0 saturated carbocycles. The second-order valence-corrected chi connectivity index (χ2v) is 7.55. The summed E-state index contributed by atoms with van der Waals surface area (Å²) < 4.78 is 0. The van der Waals surface area contributed by atoms with Crippen molar-refractivity contribution in [1.82, 2.24) is 14.9 Å². The van der Waals surface area contributed by atoms with Crippen molar-refractivity contribution in [2.45, 2.75) is 50.9 Å². The summed E-state index contributed by atoms with van der Waals surface area (Å²) in [6.07, 6.45) is 4.54. The molecule has 5 nitrogen and oxygen atoms in total. The lowest BCUT2D eigenvalue weighted by Crippen LogP contribution is -2.38. The molecule has 1 aliphatic heterocycles. The molecule has 136 valence electrons. The number of aryl methyl sites for hydroxylation is 2. The minimum absolute atomic E-state index is 0.0918. The number of carbonyl (C=O) groups excluding carboxylic acids is 1. The van der Waals surface area contributed by atoms with Crippen LogP contribution in [0.5, 0.6) is 0 Å². The summed E-state index contributed by atoms with van der Waals surface area (Å²) in [5, 5.41) is 0. The molecule has 1 atom stereocenters. The molecule has 1 saturated heterocycles. The number of nitrogens with zero attached hydrogens (tertiary/aromatic N) is 2. The van der Waals surface area contributed by atoms with E-state index in [2.05, 4.69) is 34.2 Å². The Morgan fingerprint density at radius 2 is 2.00 bits per heavy atom. The predicted molar refractivity (Wildman–Crippen MR) is 100 cm³/mol. The van der Waals surface area contributed by atoms with Gasteiger partial charge in [-0.25, -0.2) is 4.98 Å². The SMILES string of the molecule is Cc1nc(C2CCN(C(=O)CC3CCc4ccccc43)CC2)cc(=O)[nH]1. The van der Waals surface area contributed by atoms with Crippen molar-refractivity contribution in [3.8, 4) is 0 Å². The molecule has 1 aromatic heterocycles. The van der Waals surface area contributed by atoms with Gasteiger partial charge in [0.2, 0.25) is 5.91 Å². The molecule has 1 N–H and O–H groups in total. The van der Waals surface area contributed by atoms with Crippen molar-refractivity contribution in [3.05, 3.63) is 63.3 Å². The highest BCUT2D eigenvalue weighted by Gasteiger charge is 2.29. The Morgan fingerprint density at radius 3 is 2.77 bits per heavy atom. The molecule has 26 heavy (non-hydrogen) atoms. The van der Waals surface area contributed by atoms with Crippen LogP contribution in [0.15, 0.2) is 35.1 Å². The van der Waals surface area contributed by atoms with Crippen molar-refractivity contribution in [3.63, 3.8) is 0 Å². The van der Waals surface area contributed by atoms with Gasteiger partial charge in [0.25, 0.3) is 5.56 Å². The quantitative estimate of drug-likeness (QED) is 0.925. The number of likely N-dealkylation sites (tertiary alicyclic amines) is 1. The van der Waals surface area contributed by atoms with E-state index in [4.69, 9.17) is 0 Å². The number of hydrogen-bond donors (Lipinski definition) is 1. The van der Waals surface area contributed by atoms with Gasteiger partial charge in [-0.15, -0.1) is 0 Å². The molecule has 1 unspecified atom stereocenters. The summed E-state index contributed by atoms with van der Waals surface area (Å²) in [6, 6.07) is 10.1. The molecule has 4 rings (SSSR count). The summed E-state index contributed by atoms with van der Waals surface area (Å²) in [5.41, 5.74) is 3.53. The minimum Gasteiger partial charge on any atom is -0.343 e. The number of piperidine rings is 1. The van der Waals surface area contributed by atoms with Crippen LogP contribution in [-0.4, -0.2) is 33.9 Å². The van der Waals surface area contributed by atoms with E-state index in [0.29, 0.717) is 18.2 Å². The molecule has 5 heteroatoms. The van der Waals surface area contributed by atoms with Crippen LogP contribution >= 0.6 is 0 Å². The first-order chi connectivity index (χ1) is 12.6. The molecule has 2 aliphatic rings. The van der Waals surface area contributed by atoms with Crippen LogP contribution < -0.4 is 5.56 Å². The van der Waals surface area contributed by atoms with Gasteiger partial charge in [0.1, 0.15) is 5.82 Å². The first kappa shape index (κ1) is 17.0. The van der Waals surface area contributed by atoms with E-state index in [9.17, 15) is 9.59 Å². The van der Waals surface area contributed by atoms with E-state index in [1.54, 1.807) is 6.07 Å². The maximum Gasteiger partial charge on any atom is 0.251 e. The third kappa shape index (κ3) is 3.43. The normalized spacial score (nSPS) is 20.2. The van der Waals surface area contributed by atoms with Crippen LogP contribution in [0.2, 0.25) is 0 Å². The van der Waals surface area contributed by atoms with Crippen LogP contribution in [-0.2, 0) is 11.2 Å². The number of fused-ring (bicyclic) bond motifs is 1. The number of hydrogen-bond acceptors (Lipinski definition) is 3. The monoisotopic (exact) mass is 351 g/mol. The van der Waals surface area contributed by atoms with Crippen LogP contribution in [0.4, 0.5) is 0 Å². The summed E-state index contributed by atoms with van der Waals surface area (Å²) in [5.74, 6) is 1.56. The van der Waals surface area contributed by atoms with Gasteiger partial charge in [-0.3, -0.25) is 9.59 Å². The largest absolute Gasteiger partial charge is 0.343 e. The lowest BCUT2D eigenvalue weighted by Gasteiger charge is -2.32. The maximum atomic E-state index is 12.8. The molecule has 2 heterocycles. The number of amides is 1. The van der Waals surface area contributed by atoms with Crippen molar-refractivity contribution < 1.29 is 4.79 Å². The number of rotatable bonds is 3. The third-order valence-corrected chi connectivity index (χ3v) is 5.82. The Labute approximate surface area is 153 Å². The number of carbonyl (C=O) groups is 1. The van der Waals surface area contributed by atoms with E-state index < -0.39 is 0 Å². The van der Waals surface area contributed by atoms with E-state index >= 15 is 0 Å². The molecule has 2 aromatic rings. The van der Waals surface area contributed by atoms with Crippen LogP contribution in [0.25, 0.3) is 0 Å². The standard InChI is InChI=1S/C21H25N3O2/c1-14-22-19(13-20(25)23-14)16-8-10-24(11-9-16)21(26)12-17-7-6-15-4-2-3-5-18(15)17/h2-5,13,16-17H,6-12H2,1H3,(H,22,23,25). The highest BCUT2D eigenvalue weighted by atomic mass is 16.2. The number of nitrogens with one attached hydrogen (secondary N) is 1. The number of aromatic nitrogens is 2. The average molecular weight is 351 g/mol. The average Bonchev–Trinajstić information content (AvgIpc) is 3.04. The molecular formula is C21H25N3O2.